The molecule has 77 heavy (non-hydrogen) atoms. The van der Waals surface area contributed by atoms with E-state index in [1.54, 1.807) is 16.5 Å². The third kappa shape index (κ3) is 14.6. The highest BCUT2D eigenvalue weighted by Crippen LogP contribution is 2.45. The van der Waals surface area contributed by atoms with Crippen LogP contribution in [0.3, 0.4) is 0 Å². The lowest BCUT2D eigenvalue weighted by molar-refractivity contribution is -0.120. The number of unbranched alkanes of at least 4 members (excludes halogenated alkanes) is 10. The Morgan fingerprint density at radius 3 is 2.09 bits per heavy atom. The molecule has 402 valence electrons. The first kappa shape index (κ1) is 58.3. The summed E-state index contributed by atoms with van der Waals surface area (Å²) in [6, 6.07) is 25.5. The van der Waals surface area contributed by atoms with Crippen LogP contribution in [0, 0.1) is 43.1 Å². The number of carbonyl (C=O) groups excluding carboxylic acids is 1. The standard InChI is InChI=1S/C66H75N3O5S3/c1-9-15-20-24-38-69-64(71)62(77-66(69)75)65-67(8)63(70)59(76-65)46-56-61(50-32-30-49(31-33-50)53-36-34-52(72-40-25-21-16-10-2)45-58(53)74-42-27-23-18-12-4)60(48(14-6)28-19-13-5)55-44-51(37-39-68(55)56)54-35-29-47(7)43-57(54)73-41-26-22-17-11-3/h3,29-37,39,43-46,48H,9-10,12-16,18-21,23-25,27-28,38,40,42H2,1-2,4-8H3/b59-46+,65-62-. The molecule has 3 aromatic heterocycles. The van der Waals surface area contributed by atoms with E-state index in [0.717, 1.165) is 145 Å². The van der Waals surface area contributed by atoms with Gasteiger partial charge in [-0.1, -0.05) is 166 Å². The second kappa shape index (κ2) is 29.4. The van der Waals surface area contributed by atoms with Crippen molar-refractivity contribution in [2.45, 2.75) is 150 Å². The summed E-state index contributed by atoms with van der Waals surface area (Å²) in [7, 11) is 1.76. The fourth-order valence-electron chi connectivity index (χ4n) is 9.96. The summed E-state index contributed by atoms with van der Waals surface area (Å²) in [5.41, 5.74) is 9.95. The van der Waals surface area contributed by atoms with Crippen LogP contribution >= 0.6 is 35.3 Å². The molecule has 1 aliphatic rings. The molecule has 1 unspecified atom stereocenters. The van der Waals surface area contributed by atoms with Gasteiger partial charge in [-0.3, -0.25) is 14.5 Å². The van der Waals surface area contributed by atoms with E-state index in [0.29, 0.717) is 43.9 Å². The van der Waals surface area contributed by atoms with Gasteiger partial charge in [0.1, 0.15) is 37.2 Å². The molecule has 0 bridgehead atoms. The maximum absolute atomic E-state index is 14.6. The van der Waals surface area contributed by atoms with E-state index >= 15 is 0 Å². The highest BCUT2D eigenvalue weighted by molar-refractivity contribution is 8.30. The number of fused-ring (bicyclic) bond motifs is 1. The molecule has 1 saturated heterocycles. The zero-order valence-corrected chi connectivity index (χ0v) is 48.7. The number of aryl methyl sites for hydroxylation is 1. The van der Waals surface area contributed by atoms with E-state index in [9.17, 15) is 9.59 Å². The number of amides is 1. The number of pyridine rings is 1. The van der Waals surface area contributed by atoms with Crippen LogP contribution in [0.2, 0.25) is 0 Å². The smallest absolute Gasteiger partial charge is 0.269 e. The highest BCUT2D eigenvalue weighted by Gasteiger charge is 2.34. The van der Waals surface area contributed by atoms with Gasteiger partial charge in [0.15, 0.2) is 0 Å². The van der Waals surface area contributed by atoms with Crippen molar-refractivity contribution < 1.29 is 19.0 Å². The van der Waals surface area contributed by atoms with Gasteiger partial charge in [-0.2, -0.15) is 0 Å². The molecule has 6 aromatic rings. The van der Waals surface area contributed by atoms with Crippen LogP contribution in [-0.2, 0) is 11.8 Å². The Bertz CT molecular complexity index is 3390. The molecule has 8 nitrogen and oxygen atoms in total. The maximum Gasteiger partial charge on any atom is 0.269 e. The molecule has 1 amide bonds. The molecule has 1 atom stereocenters. The van der Waals surface area contributed by atoms with Crippen LogP contribution in [0.4, 0.5) is 0 Å². The summed E-state index contributed by atoms with van der Waals surface area (Å²) in [5, 5.41) is 0. The number of thiocarbonyl (C=S) groups is 1. The van der Waals surface area contributed by atoms with Gasteiger partial charge in [0, 0.05) is 54.4 Å². The molecule has 0 spiro atoms. The predicted molar refractivity (Wildman–Crippen MR) is 327 cm³/mol. The average Bonchev–Trinajstić information content (AvgIpc) is 4.07. The van der Waals surface area contributed by atoms with Gasteiger partial charge in [-0.15, -0.1) is 17.8 Å². The molecule has 11 heteroatoms. The summed E-state index contributed by atoms with van der Waals surface area (Å²) in [5.74, 6) is 12.5. The average molecular weight is 1090 g/mol. The lowest BCUT2D eigenvalue weighted by atomic mass is 9.85. The number of benzene rings is 3. The van der Waals surface area contributed by atoms with Crippen LogP contribution in [0.15, 0.2) is 83.8 Å². The molecule has 3 aromatic carbocycles. The topological polar surface area (TPSA) is 74.4 Å². The monoisotopic (exact) mass is 1090 g/mol. The first-order chi connectivity index (χ1) is 37.6. The van der Waals surface area contributed by atoms with Gasteiger partial charge in [0.05, 0.1) is 29.0 Å². The van der Waals surface area contributed by atoms with Gasteiger partial charge in [-0.25, -0.2) is 0 Å². The summed E-state index contributed by atoms with van der Waals surface area (Å²) in [4.78, 5) is 30.9. The number of thioether (sulfide) groups is 1. The normalized spacial score (nSPS) is 13.6. The summed E-state index contributed by atoms with van der Waals surface area (Å²) in [6.07, 6.45) is 29.4. The van der Waals surface area contributed by atoms with Crippen molar-refractivity contribution >= 4 is 62.0 Å². The first-order valence-electron chi connectivity index (χ1n) is 27.9. The molecule has 4 heterocycles. The van der Waals surface area contributed by atoms with E-state index in [1.165, 1.54) is 47.9 Å². The predicted octanol–water partition coefficient (Wildman–Crippen LogP) is 15.0. The molecule has 1 aliphatic heterocycles. The van der Waals surface area contributed by atoms with Crippen molar-refractivity contribution in [3.05, 3.63) is 115 Å². The minimum Gasteiger partial charge on any atom is -0.493 e. The van der Waals surface area contributed by atoms with Crippen molar-refractivity contribution in [1.82, 2.24) is 13.9 Å². The maximum atomic E-state index is 14.6. The minimum absolute atomic E-state index is 0.133. The molecule has 0 saturated carbocycles. The molecule has 0 N–H and O–H groups in total. The second-order valence-electron chi connectivity index (χ2n) is 19.9. The Labute approximate surface area is 471 Å². The molecule has 1 fully saturated rings. The van der Waals surface area contributed by atoms with Gasteiger partial charge in [-0.05, 0) is 121 Å². The number of ether oxygens (including phenoxy) is 3. The Morgan fingerprint density at radius 2 is 1.39 bits per heavy atom. The third-order valence-corrected chi connectivity index (χ3v) is 17.0. The Hall–Kier alpha value is -6.42. The molecular formula is C66H75N3O5S3. The van der Waals surface area contributed by atoms with Crippen molar-refractivity contribution in [1.29, 1.82) is 0 Å². The van der Waals surface area contributed by atoms with Crippen molar-refractivity contribution in [3.63, 3.8) is 0 Å². The van der Waals surface area contributed by atoms with E-state index in [4.69, 9.17) is 32.9 Å². The highest BCUT2D eigenvalue weighted by atomic mass is 32.2. The fraction of sp³-hybridized carbons (Fsp3) is 0.409. The quantitative estimate of drug-likeness (QED) is 0.0289. The van der Waals surface area contributed by atoms with Crippen LogP contribution in [0.5, 0.6) is 17.2 Å². The molecule has 0 radical (unpaired) electrons. The van der Waals surface area contributed by atoms with Crippen LogP contribution < -0.4 is 29.0 Å². The van der Waals surface area contributed by atoms with Crippen molar-refractivity contribution in [2.24, 2.45) is 7.05 Å². The van der Waals surface area contributed by atoms with E-state index < -0.39 is 0 Å². The molecular weight excluding hydrogens is 1010 g/mol. The Balaban J connectivity index is 1.43. The number of aromatic nitrogens is 2. The number of hydrogen-bond acceptors (Lipinski definition) is 8. The summed E-state index contributed by atoms with van der Waals surface area (Å²) >= 11 is 8.42. The van der Waals surface area contributed by atoms with Gasteiger partial charge in [0.2, 0.25) is 0 Å². The largest absolute Gasteiger partial charge is 0.493 e. The number of hydrogen-bond donors (Lipinski definition) is 0. The zero-order valence-electron chi connectivity index (χ0n) is 46.3. The van der Waals surface area contributed by atoms with Gasteiger partial charge < -0.3 is 23.2 Å². The lowest BCUT2D eigenvalue weighted by Gasteiger charge is -2.18. The SMILES string of the molecule is C#CC#CC#COc1cc(C)ccc1-c1ccn2c(/C=c3/s/c(=C4\SC(=S)N(CCCCCC)C4=O)n(C)c3=O)c(-c3ccc(-c4ccc(OCCCCCC)cc4OCCCCCC)cc3)c(C(CC)CCCC)c2c1. The van der Waals surface area contributed by atoms with E-state index in [2.05, 4.69) is 142 Å². The fourth-order valence-corrected chi connectivity index (χ4v) is 12.5. The van der Waals surface area contributed by atoms with Crippen LogP contribution in [0.25, 0.3) is 49.9 Å². The van der Waals surface area contributed by atoms with E-state index in [1.807, 2.05) is 19.1 Å². The number of nitrogens with zero attached hydrogens (tertiary/aromatic N) is 3. The lowest BCUT2D eigenvalue weighted by Crippen LogP contribution is -2.32. The summed E-state index contributed by atoms with van der Waals surface area (Å²) in [6.45, 7) is 15.0. The molecule has 7 rings (SSSR count). The summed E-state index contributed by atoms with van der Waals surface area (Å²) < 4.78 is 24.5. The van der Waals surface area contributed by atoms with Gasteiger partial charge >= 0.3 is 0 Å². The molecule has 0 aliphatic carbocycles. The number of terminal acetylenes is 1. The van der Waals surface area contributed by atoms with Crippen LogP contribution in [-0.4, -0.2) is 43.9 Å². The number of rotatable bonds is 27. The number of carbonyl (C=O) groups is 1. The van der Waals surface area contributed by atoms with Crippen LogP contribution in [0.1, 0.15) is 160 Å². The Morgan fingerprint density at radius 1 is 0.714 bits per heavy atom. The Kier molecular flexibility index (Phi) is 22.2. The third-order valence-electron chi connectivity index (χ3n) is 14.2. The first-order valence-corrected chi connectivity index (χ1v) is 30.0. The van der Waals surface area contributed by atoms with Gasteiger partial charge in [0.25, 0.3) is 11.5 Å². The zero-order chi connectivity index (χ0) is 54.7. The van der Waals surface area contributed by atoms with Crippen molar-refractivity contribution in [3.8, 4) is 86.8 Å². The minimum atomic E-state index is -0.171. The second-order valence-corrected chi connectivity index (χ2v) is 22.5. The number of thiazole rings is 1. The van der Waals surface area contributed by atoms with E-state index in [-0.39, 0.29) is 17.4 Å². The van der Waals surface area contributed by atoms with Crippen molar-refractivity contribution in [2.75, 3.05) is 19.8 Å².